The molecule has 0 aliphatic carbocycles. The summed E-state index contributed by atoms with van der Waals surface area (Å²) in [5, 5.41) is 0. The van der Waals surface area contributed by atoms with Crippen LogP contribution in [0.15, 0.2) is 45.5 Å². The molecule has 2 heterocycles. The second kappa shape index (κ2) is 4.20. The Kier molecular flexibility index (Phi) is 2.68. The molecule has 88 valence electrons. The van der Waals surface area contributed by atoms with Gasteiger partial charge in [0.05, 0.1) is 10.7 Å². The normalized spacial score (nSPS) is 19.8. The Morgan fingerprint density at radius 3 is 2.82 bits per heavy atom. The van der Waals surface area contributed by atoms with Crippen molar-refractivity contribution in [1.82, 2.24) is 0 Å². The van der Waals surface area contributed by atoms with Gasteiger partial charge in [-0.25, -0.2) is 0 Å². The van der Waals surface area contributed by atoms with Crippen molar-refractivity contribution in [3.8, 4) is 5.75 Å². The predicted octanol–water partition coefficient (Wildman–Crippen LogP) is 3.05. The second-order valence-corrected chi connectivity index (χ2v) is 4.98. The molecule has 1 aliphatic rings. The first-order valence-electron chi connectivity index (χ1n) is 5.49. The van der Waals surface area contributed by atoms with Gasteiger partial charge in [0, 0.05) is 6.42 Å². The Bertz CT molecular complexity index is 513. The number of rotatable bonds is 2. The molecule has 0 spiro atoms. The molecule has 0 fully saturated rings. The van der Waals surface area contributed by atoms with Gasteiger partial charge in [0.2, 0.25) is 0 Å². The van der Waals surface area contributed by atoms with Crippen molar-refractivity contribution in [1.29, 1.82) is 0 Å². The molecule has 1 aliphatic heterocycles. The Morgan fingerprint density at radius 2 is 2.12 bits per heavy atom. The van der Waals surface area contributed by atoms with Gasteiger partial charge in [-0.1, -0.05) is 18.2 Å². The lowest BCUT2D eigenvalue weighted by Gasteiger charge is -2.17. The minimum atomic E-state index is -0.258. The van der Waals surface area contributed by atoms with E-state index in [2.05, 4.69) is 22.0 Å². The van der Waals surface area contributed by atoms with Crippen LogP contribution in [-0.2, 0) is 6.42 Å². The number of furan rings is 1. The predicted molar refractivity (Wildman–Crippen MR) is 67.9 cm³/mol. The van der Waals surface area contributed by atoms with Gasteiger partial charge in [-0.15, -0.1) is 0 Å². The van der Waals surface area contributed by atoms with Crippen molar-refractivity contribution in [2.75, 3.05) is 0 Å². The molecule has 0 bridgehead atoms. The van der Waals surface area contributed by atoms with Crippen molar-refractivity contribution >= 4 is 15.9 Å². The first-order chi connectivity index (χ1) is 8.25. The Hall–Kier alpha value is -1.26. The van der Waals surface area contributed by atoms with Crippen LogP contribution in [0.4, 0.5) is 0 Å². The molecule has 3 nitrogen and oxygen atoms in total. The van der Waals surface area contributed by atoms with Crippen molar-refractivity contribution < 1.29 is 9.15 Å². The number of nitrogens with two attached hydrogens (primary N) is 1. The fourth-order valence-corrected chi connectivity index (χ4v) is 2.59. The van der Waals surface area contributed by atoms with E-state index < -0.39 is 0 Å². The monoisotopic (exact) mass is 293 g/mol. The van der Waals surface area contributed by atoms with Crippen molar-refractivity contribution in [3.05, 3.63) is 52.4 Å². The fraction of sp³-hybridized carbons (Fsp3) is 0.231. The summed E-state index contributed by atoms with van der Waals surface area (Å²) in [5.74, 6) is 1.67. The Balaban J connectivity index is 1.83. The molecule has 0 radical (unpaired) electrons. The maximum atomic E-state index is 6.18. The van der Waals surface area contributed by atoms with Gasteiger partial charge in [-0.3, -0.25) is 0 Å². The molecule has 2 unspecified atom stereocenters. The molecule has 2 N–H and O–H groups in total. The van der Waals surface area contributed by atoms with E-state index in [-0.39, 0.29) is 12.1 Å². The van der Waals surface area contributed by atoms with Gasteiger partial charge >= 0.3 is 0 Å². The molecule has 2 aromatic rings. The fourth-order valence-electron chi connectivity index (χ4n) is 2.12. The standard InChI is InChI=1S/C13H12BrNO2/c14-9-5-6-16-13(9)12(15)11-7-8-3-1-2-4-10(8)17-11/h1-6,11-12H,7,15H2. The van der Waals surface area contributed by atoms with E-state index in [0.717, 1.165) is 22.4 Å². The summed E-state index contributed by atoms with van der Waals surface area (Å²) in [6, 6.07) is 9.61. The van der Waals surface area contributed by atoms with Gasteiger partial charge in [0.1, 0.15) is 23.7 Å². The number of fused-ring (bicyclic) bond motifs is 1. The van der Waals surface area contributed by atoms with Crippen LogP contribution in [0.2, 0.25) is 0 Å². The molecule has 2 atom stereocenters. The van der Waals surface area contributed by atoms with E-state index in [4.69, 9.17) is 14.9 Å². The van der Waals surface area contributed by atoms with Crippen LogP contribution < -0.4 is 10.5 Å². The highest BCUT2D eigenvalue weighted by atomic mass is 79.9. The highest BCUT2D eigenvalue weighted by Crippen LogP contribution is 2.35. The molecule has 4 heteroatoms. The molecule has 0 amide bonds. The topological polar surface area (TPSA) is 48.4 Å². The maximum absolute atomic E-state index is 6.18. The number of hydrogen-bond acceptors (Lipinski definition) is 3. The van der Waals surface area contributed by atoms with Gasteiger partial charge in [0.15, 0.2) is 0 Å². The van der Waals surface area contributed by atoms with Crippen LogP contribution in [0.25, 0.3) is 0 Å². The summed E-state index contributed by atoms with van der Waals surface area (Å²) in [7, 11) is 0. The van der Waals surface area contributed by atoms with Crippen LogP contribution in [0.5, 0.6) is 5.75 Å². The van der Waals surface area contributed by atoms with Gasteiger partial charge in [0.25, 0.3) is 0 Å². The van der Waals surface area contributed by atoms with E-state index >= 15 is 0 Å². The number of para-hydroxylation sites is 1. The molecule has 1 aromatic heterocycles. The largest absolute Gasteiger partial charge is 0.488 e. The van der Waals surface area contributed by atoms with E-state index in [0.29, 0.717) is 0 Å². The number of ether oxygens (including phenoxy) is 1. The highest BCUT2D eigenvalue weighted by molar-refractivity contribution is 9.10. The highest BCUT2D eigenvalue weighted by Gasteiger charge is 2.31. The van der Waals surface area contributed by atoms with E-state index in [1.807, 2.05) is 24.3 Å². The van der Waals surface area contributed by atoms with Crippen LogP contribution in [0.1, 0.15) is 17.4 Å². The number of hydrogen-bond donors (Lipinski definition) is 1. The van der Waals surface area contributed by atoms with Crippen LogP contribution in [0, 0.1) is 0 Å². The molecular weight excluding hydrogens is 282 g/mol. The lowest BCUT2D eigenvalue weighted by Crippen LogP contribution is -2.29. The molecule has 17 heavy (non-hydrogen) atoms. The molecule has 1 aromatic carbocycles. The van der Waals surface area contributed by atoms with Crippen molar-refractivity contribution in [2.24, 2.45) is 5.73 Å². The zero-order chi connectivity index (χ0) is 11.8. The summed E-state index contributed by atoms with van der Waals surface area (Å²) in [6.07, 6.45) is 2.39. The molecular formula is C13H12BrNO2. The van der Waals surface area contributed by atoms with Gasteiger partial charge in [-0.05, 0) is 33.6 Å². The first kappa shape index (κ1) is 10.9. The lowest BCUT2D eigenvalue weighted by atomic mass is 10.0. The smallest absolute Gasteiger partial charge is 0.138 e. The maximum Gasteiger partial charge on any atom is 0.138 e. The van der Waals surface area contributed by atoms with E-state index in [1.165, 1.54) is 5.56 Å². The van der Waals surface area contributed by atoms with Crippen LogP contribution in [-0.4, -0.2) is 6.10 Å². The zero-order valence-electron chi connectivity index (χ0n) is 9.10. The first-order valence-corrected chi connectivity index (χ1v) is 6.28. The Morgan fingerprint density at radius 1 is 1.29 bits per heavy atom. The SMILES string of the molecule is NC(c1occc1Br)C1Cc2ccccc2O1. The third kappa shape index (κ3) is 1.87. The van der Waals surface area contributed by atoms with Gasteiger partial charge < -0.3 is 14.9 Å². The molecule has 0 saturated carbocycles. The van der Waals surface area contributed by atoms with E-state index in [1.54, 1.807) is 6.26 Å². The number of benzene rings is 1. The van der Waals surface area contributed by atoms with Crippen LogP contribution >= 0.6 is 15.9 Å². The summed E-state index contributed by atoms with van der Waals surface area (Å²) in [4.78, 5) is 0. The van der Waals surface area contributed by atoms with E-state index in [9.17, 15) is 0 Å². The quantitative estimate of drug-likeness (QED) is 0.926. The third-order valence-electron chi connectivity index (χ3n) is 3.02. The van der Waals surface area contributed by atoms with Gasteiger partial charge in [-0.2, -0.15) is 0 Å². The van der Waals surface area contributed by atoms with Crippen molar-refractivity contribution in [3.63, 3.8) is 0 Å². The summed E-state index contributed by atoms with van der Waals surface area (Å²) >= 11 is 3.42. The second-order valence-electron chi connectivity index (χ2n) is 4.13. The van der Waals surface area contributed by atoms with Crippen LogP contribution in [0.3, 0.4) is 0 Å². The lowest BCUT2D eigenvalue weighted by molar-refractivity contribution is 0.186. The number of halogens is 1. The van der Waals surface area contributed by atoms with Crippen molar-refractivity contribution in [2.45, 2.75) is 18.6 Å². The molecule has 0 saturated heterocycles. The minimum Gasteiger partial charge on any atom is -0.488 e. The summed E-state index contributed by atoms with van der Waals surface area (Å²) in [6.45, 7) is 0. The summed E-state index contributed by atoms with van der Waals surface area (Å²) < 4.78 is 12.1. The summed E-state index contributed by atoms with van der Waals surface area (Å²) in [5.41, 5.74) is 7.38. The minimum absolute atomic E-state index is 0.0603. The zero-order valence-corrected chi connectivity index (χ0v) is 10.7. The average Bonchev–Trinajstić information content (AvgIpc) is 2.93. The average molecular weight is 294 g/mol. The molecule has 3 rings (SSSR count). The third-order valence-corrected chi connectivity index (χ3v) is 3.68. The Labute approximate surface area is 108 Å².